The number of amides is 1. The van der Waals surface area contributed by atoms with Crippen molar-refractivity contribution < 1.29 is 4.79 Å². The van der Waals surface area contributed by atoms with E-state index >= 15 is 0 Å². The fourth-order valence-electron chi connectivity index (χ4n) is 1.73. The van der Waals surface area contributed by atoms with E-state index in [-0.39, 0.29) is 11.7 Å². The predicted octanol–water partition coefficient (Wildman–Crippen LogP) is 1.76. The molecule has 0 radical (unpaired) electrons. The first-order valence-electron chi connectivity index (χ1n) is 5.24. The van der Waals surface area contributed by atoms with Gasteiger partial charge in [0.25, 0.3) is 0 Å². The lowest BCUT2D eigenvalue weighted by molar-refractivity contribution is -0.118. The van der Waals surface area contributed by atoms with Crippen molar-refractivity contribution in [2.24, 2.45) is 0 Å². The molecule has 0 aliphatic rings. The van der Waals surface area contributed by atoms with E-state index in [1.165, 1.54) is 10.9 Å². The molecule has 2 rings (SSSR count). The summed E-state index contributed by atoms with van der Waals surface area (Å²) in [5.74, 6) is 0.219. The molecule has 0 aliphatic carbocycles. The van der Waals surface area contributed by atoms with Gasteiger partial charge in [-0.25, -0.2) is 0 Å². The van der Waals surface area contributed by atoms with Crippen LogP contribution in [0.4, 0.5) is 0 Å². The van der Waals surface area contributed by atoms with Crippen LogP contribution in [0.1, 0.15) is 5.56 Å². The summed E-state index contributed by atoms with van der Waals surface area (Å²) in [6.07, 6.45) is 2.83. The zero-order valence-corrected chi connectivity index (χ0v) is 9.76. The van der Waals surface area contributed by atoms with Gasteiger partial charge in [0, 0.05) is 23.6 Å². The average Bonchev–Trinajstić information content (AvgIpc) is 2.73. The van der Waals surface area contributed by atoms with Crippen molar-refractivity contribution in [2.75, 3.05) is 12.3 Å². The van der Waals surface area contributed by atoms with Crippen molar-refractivity contribution in [2.45, 2.75) is 6.42 Å². The molecule has 0 spiro atoms. The second kappa shape index (κ2) is 5.07. The molecular formula is C12H14N2OS. The molecule has 0 fully saturated rings. The summed E-state index contributed by atoms with van der Waals surface area (Å²) >= 11 is 3.90. The SMILES string of the molecule is O=C(CS)NCCc1c[nH]c2ccccc12. The van der Waals surface area contributed by atoms with Gasteiger partial charge in [0.2, 0.25) is 5.91 Å². The zero-order valence-electron chi connectivity index (χ0n) is 8.86. The Kier molecular flexibility index (Phi) is 3.51. The second-order valence-corrected chi connectivity index (χ2v) is 3.93. The molecule has 3 nitrogen and oxygen atoms in total. The van der Waals surface area contributed by atoms with Gasteiger partial charge in [-0.15, -0.1) is 0 Å². The van der Waals surface area contributed by atoms with Gasteiger partial charge in [0.1, 0.15) is 0 Å². The van der Waals surface area contributed by atoms with Crippen molar-refractivity contribution in [3.8, 4) is 0 Å². The third-order valence-electron chi connectivity index (χ3n) is 2.54. The van der Waals surface area contributed by atoms with Crippen molar-refractivity contribution in [3.05, 3.63) is 36.0 Å². The minimum absolute atomic E-state index is 0.0248. The van der Waals surface area contributed by atoms with E-state index in [4.69, 9.17) is 0 Å². The van der Waals surface area contributed by atoms with Gasteiger partial charge in [-0.05, 0) is 18.1 Å². The summed E-state index contributed by atoms with van der Waals surface area (Å²) in [4.78, 5) is 14.2. The summed E-state index contributed by atoms with van der Waals surface area (Å²) in [5, 5.41) is 4.03. The topological polar surface area (TPSA) is 44.9 Å². The number of hydrogen-bond acceptors (Lipinski definition) is 2. The van der Waals surface area contributed by atoms with Crippen LogP contribution in [-0.4, -0.2) is 23.2 Å². The first-order chi connectivity index (χ1) is 7.81. The molecule has 1 aromatic carbocycles. The first kappa shape index (κ1) is 11.1. The molecule has 2 N–H and O–H groups in total. The summed E-state index contributed by atoms with van der Waals surface area (Å²) in [6, 6.07) is 8.16. The average molecular weight is 234 g/mol. The number of nitrogens with one attached hydrogen (secondary N) is 2. The Morgan fingerprint density at radius 3 is 3.00 bits per heavy atom. The molecule has 4 heteroatoms. The Bertz CT molecular complexity index is 492. The van der Waals surface area contributed by atoms with Crippen LogP contribution >= 0.6 is 12.6 Å². The van der Waals surface area contributed by atoms with Crippen LogP contribution in [-0.2, 0) is 11.2 Å². The van der Waals surface area contributed by atoms with Gasteiger partial charge in [0.15, 0.2) is 0 Å². The molecule has 0 bridgehead atoms. The van der Waals surface area contributed by atoms with Gasteiger partial charge in [-0.1, -0.05) is 18.2 Å². The maximum absolute atomic E-state index is 11.0. The highest BCUT2D eigenvalue weighted by Crippen LogP contribution is 2.17. The van der Waals surface area contributed by atoms with Crippen LogP contribution in [0.5, 0.6) is 0 Å². The van der Waals surface area contributed by atoms with Crippen LogP contribution in [0.2, 0.25) is 0 Å². The van der Waals surface area contributed by atoms with Gasteiger partial charge >= 0.3 is 0 Å². The first-order valence-corrected chi connectivity index (χ1v) is 5.87. The van der Waals surface area contributed by atoms with E-state index in [2.05, 4.69) is 29.0 Å². The number of rotatable bonds is 4. The van der Waals surface area contributed by atoms with Gasteiger partial charge in [0.05, 0.1) is 5.75 Å². The van der Waals surface area contributed by atoms with E-state index in [1.807, 2.05) is 24.4 Å². The Labute approximate surface area is 99.6 Å². The smallest absolute Gasteiger partial charge is 0.229 e. The molecule has 1 aromatic heterocycles. The third kappa shape index (κ3) is 2.39. The maximum atomic E-state index is 11.0. The monoisotopic (exact) mass is 234 g/mol. The minimum Gasteiger partial charge on any atom is -0.361 e. The second-order valence-electron chi connectivity index (χ2n) is 3.62. The van der Waals surface area contributed by atoms with E-state index in [1.54, 1.807) is 0 Å². The molecule has 0 aliphatic heterocycles. The van der Waals surface area contributed by atoms with Crippen LogP contribution in [0.15, 0.2) is 30.5 Å². The molecule has 84 valence electrons. The Morgan fingerprint density at radius 2 is 2.19 bits per heavy atom. The van der Waals surface area contributed by atoms with E-state index < -0.39 is 0 Å². The maximum Gasteiger partial charge on any atom is 0.229 e. The Balaban J connectivity index is 2.02. The number of para-hydroxylation sites is 1. The molecule has 0 unspecified atom stereocenters. The normalized spacial score (nSPS) is 10.6. The minimum atomic E-state index is -0.0248. The molecule has 16 heavy (non-hydrogen) atoms. The third-order valence-corrected chi connectivity index (χ3v) is 2.82. The lowest BCUT2D eigenvalue weighted by Crippen LogP contribution is -2.26. The zero-order chi connectivity index (χ0) is 11.4. The highest BCUT2D eigenvalue weighted by molar-refractivity contribution is 7.81. The molecule has 0 atom stereocenters. The molecule has 1 amide bonds. The van der Waals surface area contributed by atoms with Crippen molar-refractivity contribution in [1.82, 2.24) is 10.3 Å². The molecule has 1 heterocycles. The lowest BCUT2D eigenvalue weighted by Gasteiger charge is -2.02. The molecular weight excluding hydrogens is 220 g/mol. The highest BCUT2D eigenvalue weighted by atomic mass is 32.1. The number of H-pyrrole nitrogens is 1. The van der Waals surface area contributed by atoms with Crippen LogP contribution < -0.4 is 5.32 Å². The molecule has 2 aromatic rings. The largest absolute Gasteiger partial charge is 0.361 e. The number of aromatic nitrogens is 1. The van der Waals surface area contributed by atoms with Gasteiger partial charge < -0.3 is 10.3 Å². The molecule has 0 saturated heterocycles. The van der Waals surface area contributed by atoms with Crippen molar-refractivity contribution in [3.63, 3.8) is 0 Å². The number of carbonyl (C=O) groups is 1. The van der Waals surface area contributed by atoms with Gasteiger partial charge in [-0.2, -0.15) is 12.6 Å². The summed E-state index contributed by atoms with van der Waals surface area (Å²) in [5.41, 5.74) is 2.37. The van der Waals surface area contributed by atoms with Crippen LogP contribution in [0.25, 0.3) is 10.9 Å². The van der Waals surface area contributed by atoms with Crippen molar-refractivity contribution >= 4 is 29.4 Å². The number of carbonyl (C=O) groups excluding carboxylic acids is 1. The number of hydrogen-bond donors (Lipinski definition) is 3. The highest BCUT2D eigenvalue weighted by Gasteiger charge is 2.03. The number of benzene rings is 1. The van der Waals surface area contributed by atoms with Crippen molar-refractivity contribution in [1.29, 1.82) is 0 Å². The predicted molar refractivity (Wildman–Crippen MR) is 68.9 cm³/mol. The summed E-state index contributed by atoms with van der Waals surface area (Å²) in [7, 11) is 0. The van der Waals surface area contributed by atoms with E-state index in [0.29, 0.717) is 6.54 Å². The Morgan fingerprint density at radius 1 is 1.38 bits per heavy atom. The van der Waals surface area contributed by atoms with Gasteiger partial charge in [-0.3, -0.25) is 4.79 Å². The summed E-state index contributed by atoms with van der Waals surface area (Å²) < 4.78 is 0. The Hall–Kier alpha value is -1.42. The molecule has 0 saturated carbocycles. The fraction of sp³-hybridized carbons (Fsp3) is 0.250. The van der Waals surface area contributed by atoms with Crippen LogP contribution in [0, 0.1) is 0 Å². The lowest BCUT2D eigenvalue weighted by atomic mass is 10.1. The summed E-state index contributed by atoms with van der Waals surface area (Å²) in [6.45, 7) is 0.654. The van der Waals surface area contributed by atoms with E-state index in [0.717, 1.165) is 11.9 Å². The van der Waals surface area contributed by atoms with Crippen LogP contribution in [0.3, 0.4) is 0 Å². The van der Waals surface area contributed by atoms with E-state index in [9.17, 15) is 4.79 Å². The number of aromatic amines is 1. The standard InChI is InChI=1S/C12H14N2OS/c15-12(8-16)13-6-5-9-7-14-11-4-2-1-3-10(9)11/h1-4,7,14,16H,5-6,8H2,(H,13,15). The number of fused-ring (bicyclic) bond motifs is 1. The fourth-order valence-corrected chi connectivity index (χ4v) is 1.84. The number of thiol groups is 1. The quantitative estimate of drug-likeness (QED) is 0.693.